The van der Waals surface area contributed by atoms with Gasteiger partial charge in [-0.05, 0) is 50.2 Å². The number of likely N-dealkylation sites (N-methyl/N-ethyl adjacent to an activating group) is 1. The molecule has 0 saturated carbocycles. The third-order valence-electron chi connectivity index (χ3n) is 7.25. The van der Waals surface area contributed by atoms with Crippen molar-refractivity contribution >= 4 is 56.9 Å². The van der Waals surface area contributed by atoms with Crippen molar-refractivity contribution in [2.45, 2.75) is 19.9 Å². The molecule has 0 radical (unpaired) electrons. The lowest BCUT2D eigenvalue weighted by Crippen LogP contribution is -2.45. The molecular formula is C29H32N4O3S2. The number of pyridine rings is 1. The Labute approximate surface area is 232 Å². The van der Waals surface area contributed by atoms with Gasteiger partial charge >= 0.3 is 0 Å². The van der Waals surface area contributed by atoms with E-state index in [9.17, 15) is 9.59 Å². The van der Waals surface area contributed by atoms with E-state index in [0.29, 0.717) is 34.3 Å². The van der Waals surface area contributed by atoms with E-state index in [1.165, 1.54) is 11.8 Å². The Morgan fingerprint density at radius 2 is 1.74 bits per heavy atom. The van der Waals surface area contributed by atoms with Crippen molar-refractivity contribution in [2.24, 2.45) is 0 Å². The number of piperazine rings is 1. The molecule has 2 fully saturated rings. The Bertz CT molecular complexity index is 1460. The van der Waals surface area contributed by atoms with Crippen molar-refractivity contribution in [3.05, 3.63) is 74.9 Å². The lowest BCUT2D eigenvalue weighted by molar-refractivity contribution is -0.122. The molecule has 9 heteroatoms. The summed E-state index contributed by atoms with van der Waals surface area (Å²) in [5.74, 6) is 0.653. The van der Waals surface area contributed by atoms with E-state index < -0.39 is 0 Å². The number of nitrogens with zero attached hydrogens (tertiary/aromatic N) is 4. The van der Waals surface area contributed by atoms with Crippen molar-refractivity contribution in [1.82, 2.24) is 14.4 Å². The maximum absolute atomic E-state index is 13.9. The monoisotopic (exact) mass is 548 g/mol. The number of aryl methyl sites for hydroxylation is 1. The minimum absolute atomic E-state index is 0.0800. The molecule has 2 aliphatic heterocycles. The fourth-order valence-corrected chi connectivity index (χ4v) is 6.37. The molecule has 1 amide bonds. The molecule has 0 atom stereocenters. The average molecular weight is 549 g/mol. The lowest BCUT2D eigenvalue weighted by atomic mass is 10.0. The van der Waals surface area contributed by atoms with Crippen LogP contribution >= 0.6 is 24.0 Å². The quantitative estimate of drug-likeness (QED) is 0.324. The van der Waals surface area contributed by atoms with Crippen LogP contribution in [0.3, 0.4) is 0 Å². The number of hydrogen-bond acceptors (Lipinski definition) is 7. The summed E-state index contributed by atoms with van der Waals surface area (Å²) < 4.78 is 7.55. The van der Waals surface area contributed by atoms with Crippen LogP contribution in [-0.4, -0.2) is 71.5 Å². The van der Waals surface area contributed by atoms with Crippen molar-refractivity contribution < 1.29 is 9.53 Å². The van der Waals surface area contributed by atoms with Crippen molar-refractivity contribution in [1.29, 1.82) is 0 Å². The minimum Gasteiger partial charge on any atom is -0.497 e. The maximum atomic E-state index is 13.9. The van der Waals surface area contributed by atoms with Gasteiger partial charge in [-0.3, -0.25) is 14.5 Å². The van der Waals surface area contributed by atoms with E-state index in [-0.39, 0.29) is 11.5 Å². The zero-order chi connectivity index (χ0) is 26.8. The van der Waals surface area contributed by atoms with Crippen LogP contribution in [0.1, 0.15) is 18.1 Å². The van der Waals surface area contributed by atoms with Gasteiger partial charge in [0, 0.05) is 44.7 Å². The molecule has 2 aliphatic rings. The summed E-state index contributed by atoms with van der Waals surface area (Å²) in [5, 5.41) is 1.03. The second-order valence-corrected chi connectivity index (χ2v) is 11.2. The van der Waals surface area contributed by atoms with Gasteiger partial charge in [0.2, 0.25) is 0 Å². The van der Waals surface area contributed by atoms with Gasteiger partial charge in [-0.15, -0.1) is 0 Å². The van der Waals surface area contributed by atoms with Crippen molar-refractivity contribution in [3.8, 4) is 5.75 Å². The molecule has 0 spiro atoms. The van der Waals surface area contributed by atoms with Gasteiger partial charge in [-0.1, -0.05) is 54.3 Å². The normalized spacial score (nSPS) is 17.7. The second kappa shape index (κ2) is 11.3. The number of amides is 1. The van der Waals surface area contributed by atoms with Gasteiger partial charge in [0.1, 0.15) is 10.1 Å². The molecule has 0 unspecified atom stereocenters. The van der Waals surface area contributed by atoms with Crippen molar-refractivity contribution in [2.75, 3.05) is 51.8 Å². The Kier molecular flexibility index (Phi) is 7.88. The Hall–Kier alpha value is -3.14. The number of anilines is 1. The second-order valence-electron chi connectivity index (χ2n) is 9.55. The molecule has 0 aliphatic carbocycles. The number of para-hydroxylation sites is 1. The SMILES string of the molecule is CCn1c(=O)c(C=C2SC(=S)N(CCc3ccc(OC)cc3)C2=O)c(N2CCN(C)CC2)c2ccccc21. The molecule has 0 N–H and O–H groups in total. The van der Waals surface area contributed by atoms with Crippen LogP contribution in [0.25, 0.3) is 17.0 Å². The zero-order valence-electron chi connectivity index (χ0n) is 22.0. The highest BCUT2D eigenvalue weighted by atomic mass is 32.2. The summed E-state index contributed by atoms with van der Waals surface area (Å²) in [6.07, 6.45) is 2.45. The molecule has 5 rings (SSSR count). The first-order chi connectivity index (χ1) is 18.4. The number of methoxy groups -OCH3 is 1. The van der Waals surface area contributed by atoms with Crippen LogP contribution in [-0.2, 0) is 17.8 Å². The molecule has 2 saturated heterocycles. The first-order valence-corrected chi connectivity index (χ1v) is 14.1. The third-order valence-corrected chi connectivity index (χ3v) is 8.63. The lowest BCUT2D eigenvalue weighted by Gasteiger charge is -2.35. The van der Waals surface area contributed by atoms with E-state index >= 15 is 0 Å². The molecule has 1 aromatic heterocycles. The topological polar surface area (TPSA) is 58.0 Å². The molecule has 3 aromatic rings. The number of thioether (sulfide) groups is 1. The van der Waals surface area contributed by atoms with Crippen LogP contribution in [0, 0.1) is 0 Å². The minimum atomic E-state index is -0.145. The molecule has 3 heterocycles. The van der Waals surface area contributed by atoms with E-state index in [1.807, 2.05) is 49.4 Å². The van der Waals surface area contributed by atoms with Gasteiger partial charge in [0.15, 0.2) is 0 Å². The molecular weight excluding hydrogens is 516 g/mol. The van der Waals surface area contributed by atoms with E-state index in [1.54, 1.807) is 22.7 Å². The number of carbonyl (C=O) groups is 1. The Morgan fingerprint density at radius 3 is 2.42 bits per heavy atom. The summed E-state index contributed by atoms with van der Waals surface area (Å²) in [6, 6.07) is 15.9. The molecule has 38 heavy (non-hydrogen) atoms. The van der Waals surface area contributed by atoms with Crippen LogP contribution < -0.4 is 15.2 Å². The number of ether oxygens (including phenoxy) is 1. The fourth-order valence-electron chi connectivity index (χ4n) is 5.08. The Balaban J connectivity index is 1.51. The number of benzene rings is 2. The number of carbonyl (C=O) groups excluding carboxylic acids is 1. The first-order valence-electron chi connectivity index (χ1n) is 12.9. The summed E-state index contributed by atoms with van der Waals surface area (Å²) in [4.78, 5) is 34.1. The number of fused-ring (bicyclic) bond motifs is 1. The van der Waals surface area contributed by atoms with Gasteiger partial charge in [-0.2, -0.15) is 0 Å². The smallest absolute Gasteiger partial charge is 0.266 e. The van der Waals surface area contributed by atoms with Crippen LogP contribution in [0.4, 0.5) is 5.69 Å². The van der Waals surface area contributed by atoms with E-state index in [0.717, 1.165) is 54.1 Å². The summed E-state index contributed by atoms with van der Waals surface area (Å²) in [5.41, 5.74) is 3.40. The van der Waals surface area contributed by atoms with E-state index in [4.69, 9.17) is 17.0 Å². The predicted octanol–water partition coefficient (Wildman–Crippen LogP) is 4.23. The summed E-state index contributed by atoms with van der Waals surface area (Å²) in [7, 11) is 3.75. The molecule has 2 aromatic carbocycles. The highest BCUT2D eigenvalue weighted by Crippen LogP contribution is 2.36. The zero-order valence-corrected chi connectivity index (χ0v) is 23.6. The Morgan fingerprint density at radius 1 is 1.03 bits per heavy atom. The number of aromatic nitrogens is 1. The molecule has 198 valence electrons. The standard InChI is InChI=1S/C29H32N4O3S2/c1-4-32-24-8-6-5-7-22(24)26(31-17-15-30(2)16-18-31)23(27(32)34)19-25-28(35)33(29(37)38-25)14-13-20-9-11-21(36-3)12-10-20/h5-12,19H,4,13-18H2,1-3H3. The van der Waals surface area contributed by atoms with Gasteiger partial charge in [0.05, 0.1) is 28.8 Å². The van der Waals surface area contributed by atoms with Gasteiger partial charge < -0.3 is 19.1 Å². The van der Waals surface area contributed by atoms with Crippen molar-refractivity contribution in [3.63, 3.8) is 0 Å². The van der Waals surface area contributed by atoms with Gasteiger partial charge in [0.25, 0.3) is 11.5 Å². The number of rotatable bonds is 7. The van der Waals surface area contributed by atoms with Crippen LogP contribution in [0.5, 0.6) is 5.75 Å². The van der Waals surface area contributed by atoms with E-state index in [2.05, 4.69) is 22.9 Å². The predicted molar refractivity (Wildman–Crippen MR) is 160 cm³/mol. The fraction of sp³-hybridized carbons (Fsp3) is 0.345. The maximum Gasteiger partial charge on any atom is 0.266 e. The third kappa shape index (κ3) is 5.10. The highest BCUT2D eigenvalue weighted by Gasteiger charge is 2.33. The average Bonchev–Trinajstić information content (AvgIpc) is 3.20. The largest absolute Gasteiger partial charge is 0.497 e. The number of hydrogen-bond donors (Lipinski definition) is 0. The number of thiocarbonyl (C=S) groups is 1. The summed E-state index contributed by atoms with van der Waals surface area (Å²) in [6.45, 7) is 6.48. The summed E-state index contributed by atoms with van der Waals surface area (Å²) >= 11 is 6.88. The first kappa shape index (κ1) is 26.5. The van der Waals surface area contributed by atoms with Gasteiger partial charge in [-0.25, -0.2) is 0 Å². The van der Waals surface area contributed by atoms with Crippen LogP contribution in [0.15, 0.2) is 58.2 Å². The molecule has 7 nitrogen and oxygen atoms in total. The molecule has 0 bridgehead atoms. The van der Waals surface area contributed by atoms with Crippen LogP contribution in [0.2, 0.25) is 0 Å². The highest BCUT2D eigenvalue weighted by molar-refractivity contribution is 8.26.